The van der Waals surface area contributed by atoms with E-state index < -0.39 is 12.0 Å². The van der Waals surface area contributed by atoms with E-state index in [1.807, 2.05) is 6.92 Å². The molecule has 0 saturated heterocycles. The molecule has 0 aliphatic heterocycles. The number of carbonyl (C=O) groups is 2. The molecule has 0 aliphatic carbocycles. The zero-order valence-corrected chi connectivity index (χ0v) is 11.0. The summed E-state index contributed by atoms with van der Waals surface area (Å²) in [6.07, 6.45) is 1.31. The van der Waals surface area contributed by atoms with E-state index in [4.69, 9.17) is 9.63 Å². The molecule has 0 saturated carbocycles. The highest BCUT2D eigenvalue weighted by molar-refractivity contribution is 5.75. The maximum Gasteiger partial charge on any atom is 0.315 e. The van der Waals surface area contributed by atoms with Crippen molar-refractivity contribution in [2.24, 2.45) is 0 Å². The molecular weight excluding hydrogens is 252 g/mol. The maximum absolute atomic E-state index is 11.6. The molecule has 1 rings (SSSR count). The predicted octanol–water partition coefficient (Wildman–Crippen LogP) is 0.821. The summed E-state index contributed by atoms with van der Waals surface area (Å²) in [7, 11) is 0. The molecule has 1 unspecified atom stereocenters. The van der Waals surface area contributed by atoms with Gasteiger partial charge in [0.25, 0.3) is 0 Å². The van der Waals surface area contributed by atoms with E-state index in [0.29, 0.717) is 18.1 Å². The quantitative estimate of drug-likeness (QED) is 0.675. The van der Waals surface area contributed by atoms with Crippen LogP contribution in [0.3, 0.4) is 0 Å². The van der Waals surface area contributed by atoms with E-state index in [-0.39, 0.29) is 19.0 Å². The molecule has 0 spiro atoms. The highest BCUT2D eigenvalue weighted by Crippen LogP contribution is 2.02. The van der Waals surface area contributed by atoms with E-state index >= 15 is 0 Å². The Labute approximate surface area is 110 Å². The molecule has 0 radical (unpaired) electrons. The molecule has 1 aromatic rings. The van der Waals surface area contributed by atoms with E-state index in [0.717, 1.165) is 6.42 Å². The predicted molar refractivity (Wildman–Crippen MR) is 65.4 cm³/mol. The van der Waals surface area contributed by atoms with Crippen molar-refractivity contribution < 1.29 is 19.2 Å². The van der Waals surface area contributed by atoms with Crippen molar-refractivity contribution in [2.75, 3.05) is 0 Å². The molecule has 8 heteroatoms. The van der Waals surface area contributed by atoms with Crippen molar-refractivity contribution in [3.8, 4) is 0 Å². The molecule has 0 fully saturated rings. The van der Waals surface area contributed by atoms with Gasteiger partial charge in [-0.25, -0.2) is 4.79 Å². The first-order valence-corrected chi connectivity index (χ1v) is 6.06. The van der Waals surface area contributed by atoms with Crippen LogP contribution in [0.1, 0.15) is 37.9 Å². The molecule has 8 nitrogen and oxygen atoms in total. The number of urea groups is 1. The van der Waals surface area contributed by atoms with Crippen LogP contribution in [0, 0.1) is 6.92 Å². The van der Waals surface area contributed by atoms with Crippen molar-refractivity contribution in [3.63, 3.8) is 0 Å². The molecule has 0 aliphatic rings. The van der Waals surface area contributed by atoms with Crippen LogP contribution >= 0.6 is 0 Å². The molecule has 1 heterocycles. The van der Waals surface area contributed by atoms with Gasteiger partial charge in [0.15, 0.2) is 5.82 Å². The van der Waals surface area contributed by atoms with Crippen LogP contribution in [0.5, 0.6) is 0 Å². The summed E-state index contributed by atoms with van der Waals surface area (Å²) in [5.74, 6) is -0.142. The number of nitrogens with one attached hydrogen (secondary N) is 2. The SMILES string of the molecule is CCCC(CC(=O)O)NC(=O)NCc1nc(C)no1. The van der Waals surface area contributed by atoms with Crippen LogP contribution in [0.2, 0.25) is 0 Å². The minimum atomic E-state index is -0.939. The second-order valence-electron chi connectivity index (χ2n) is 4.15. The minimum absolute atomic E-state index is 0.0963. The average molecular weight is 270 g/mol. The van der Waals surface area contributed by atoms with Gasteiger partial charge in [0, 0.05) is 6.04 Å². The zero-order valence-electron chi connectivity index (χ0n) is 11.0. The minimum Gasteiger partial charge on any atom is -0.481 e. The van der Waals surface area contributed by atoms with Crippen LogP contribution in [0.25, 0.3) is 0 Å². The molecule has 106 valence electrons. The fourth-order valence-corrected chi connectivity index (χ4v) is 1.59. The van der Waals surface area contributed by atoms with Crippen LogP contribution in [-0.2, 0) is 11.3 Å². The summed E-state index contributed by atoms with van der Waals surface area (Å²) in [4.78, 5) is 26.2. The lowest BCUT2D eigenvalue weighted by Gasteiger charge is -2.16. The van der Waals surface area contributed by atoms with Crippen molar-refractivity contribution in [1.82, 2.24) is 20.8 Å². The van der Waals surface area contributed by atoms with Gasteiger partial charge in [-0.05, 0) is 13.3 Å². The number of rotatable bonds is 7. The molecule has 2 amide bonds. The lowest BCUT2D eigenvalue weighted by atomic mass is 10.1. The molecule has 1 atom stereocenters. The number of amides is 2. The van der Waals surface area contributed by atoms with Crippen molar-refractivity contribution in [1.29, 1.82) is 0 Å². The van der Waals surface area contributed by atoms with Gasteiger partial charge in [0.05, 0.1) is 13.0 Å². The number of carboxylic acids is 1. The highest BCUT2D eigenvalue weighted by atomic mass is 16.5. The lowest BCUT2D eigenvalue weighted by Crippen LogP contribution is -2.42. The Hall–Kier alpha value is -2.12. The third kappa shape index (κ3) is 5.84. The van der Waals surface area contributed by atoms with Gasteiger partial charge in [-0.3, -0.25) is 4.79 Å². The smallest absolute Gasteiger partial charge is 0.315 e. The Bertz CT molecular complexity index is 432. The van der Waals surface area contributed by atoms with Gasteiger partial charge < -0.3 is 20.3 Å². The maximum atomic E-state index is 11.6. The number of aliphatic carboxylic acids is 1. The number of aromatic nitrogens is 2. The molecule has 19 heavy (non-hydrogen) atoms. The van der Waals surface area contributed by atoms with Crippen LogP contribution in [-0.4, -0.2) is 33.3 Å². The number of nitrogens with zero attached hydrogens (tertiary/aromatic N) is 2. The lowest BCUT2D eigenvalue weighted by molar-refractivity contribution is -0.137. The number of hydrogen-bond donors (Lipinski definition) is 3. The normalized spacial score (nSPS) is 11.9. The van der Waals surface area contributed by atoms with Crippen molar-refractivity contribution in [2.45, 2.75) is 45.7 Å². The number of carbonyl (C=O) groups excluding carboxylic acids is 1. The Morgan fingerprint density at radius 2 is 2.21 bits per heavy atom. The topological polar surface area (TPSA) is 117 Å². The molecule has 1 aromatic heterocycles. The number of carboxylic acid groups (broad SMARTS) is 1. The summed E-state index contributed by atoms with van der Waals surface area (Å²) < 4.78 is 4.83. The Balaban J connectivity index is 2.37. The molecule has 0 bridgehead atoms. The highest BCUT2D eigenvalue weighted by Gasteiger charge is 2.15. The Kier molecular flexibility index (Phi) is 5.77. The Morgan fingerprint density at radius 1 is 1.47 bits per heavy atom. The van der Waals surface area contributed by atoms with Gasteiger partial charge in [0.1, 0.15) is 0 Å². The van der Waals surface area contributed by atoms with Crippen molar-refractivity contribution in [3.05, 3.63) is 11.7 Å². The van der Waals surface area contributed by atoms with Crippen LogP contribution < -0.4 is 10.6 Å². The molecule has 3 N–H and O–H groups in total. The first-order valence-electron chi connectivity index (χ1n) is 6.06. The van der Waals surface area contributed by atoms with Gasteiger partial charge in [-0.2, -0.15) is 4.98 Å². The van der Waals surface area contributed by atoms with Crippen molar-refractivity contribution >= 4 is 12.0 Å². The number of hydrogen-bond acceptors (Lipinski definition) is 5. The standard InChI is InChI=1S/C11H18N4O4/c1-3-4-8(5-10(16)17)14-11(18)12-6-9-13-7(2)15-19-9/h8H,3-6H2,1-2H3,(H,16,17)(H2,12,14,18). The third-order valence-corrected chi connectivity index (χ3v) is 2.36. The van der Waals surface area contributed by atoms with Gasteiger partial charge in [0.2, 0.25) is 5.89 Å². The summed E-state index contributed by atoms with van der Waals surface area (Å²) in [6.45, 7) is 3.71. The number of aryl methyl sites for hydroxylation is 1. The van der Waals surface area contributed by atoms with Gasteiger partial charge in [-0.1, -0.05) is 18.5 Å². The van der Waals surface area contributed by atoms with Crippen LogP contribution in [0.4, 0.5) is 4.79 Å². The monoisotopic (exact) mass is 270 g/mol. The van der Waals surface area contributed by atoms with Crippen LogP contribution in [0.15, 0.2) is 4.52 Å². The summed E-state index contributed by atoms with van der Waals surface area (Å²) >= 11 is 0. The van der Waals surface area contributed by atoms with E-state index in [2.05, 4.69) is 20.8 Å². The average Bonchev–Trinajstić information content (AvgIpc) is 2.72. The van der Waals surface area contributed by atoms with Gasteiger partial charge in [-0.15, -0.1) is 0 Å². The zero-order chi connectivity index (χ0) is 14.3. The fourth-order valence-electron chi connectivity index (χ4n) is 1.59. The summed E-state index contributed by atoms with van der Waals surface area (Å²) in [5.41, 5.74) is 0. The third-order valence-electron chi connectivity index (χ3n) is 2.36. The largest absolute Gasteiger partial charge is 0.481 e. The van der Waals surface area contributed by atoms with E-state index in [1.54, 1.807) is 6.92 Å². The Morgan fingerprint density at radius 3 is 2.74 bits per heavy atom. The molecular formula is C11H18N4O4. The first-order chi connectivity index (χ1) is 9.01. The van der Waals surface area contributed by atoms with E-state index in [1.165, 1.54) is 0 Å². The molecule has 0 aromatic carbocycles. The second-order valence-corrected chi connectivity index (χ2v) is 4.15. The first kappa shape index (κ1) is 14.9. The second kappa shape index (κ2) is 7.34. The van der Waals surface area contributed by atoms with E-state index in [9.17, 15) is 9.59 Å². The summed E-state index contributed by atoms with van der Waals surface area (Å²) in [5, 5.41) is 17.5. The van der Waals surface area contributed by atoms with Gasteiger partial charge >= 0.3 is 12.0 Å². The summed E-state index contributed by atoms with van der Waals surface area (Å²) in [6, 6.07) is -0.831. The fraction of sp³-hybridized carbons (Fsp3) is 0.636.